The molecule has 2 aromatic rings. The van der Waals surface area contributed by atoms with Gasteiger partial charge in [-0.2, -0.15) is 0 Å². The van der Waals surface area contributed by atoms with Crippen LogP contribution < -0.4 is 25.4 Å². The van der Waals surface area contributed by atoms with E-state index in [-0.39, 0.29) is 18.1 Å². The molecule has 7 nitrogen and oxygen atoms in total. The first-order valence-electron chi connectivity index (χ1n) is 10.5. The summed E-state index contributed by atoms with van der Waals surface area (Å²) < 4.78 is 11.2. The van der Waals surface area contributed by atoms with Gasteiger partial charge in [0.1, 0.15) is 17.1 Å². The summed E-state index contributed by atoms with van der Waals surface area (Å²) in [6.45, 7) is 9.75. The summed E-state index contributed by atoms with van der Waals surface area (Å²) in [6.07, 6.45) is 0. The van der Waals surface area contributed by atoms with Crippen molar-refractivity contribution in [1.82, 2.24) is 16.0 Å². The Bertz CT molecular complexity index is 858. The number of nitrogens with one attached hydrogen (secondary N) is 3. The van der Waals surface area contributed by atoms with Crippen LogP contribution in [-0.2, 0) is 17.9 Å². The van der Waals surface area contributed by atoms with E-state index < -0.39 is 0 Å². The van der Waals surface area contributed by atoms with Gasteiger partial charge in [0.15, 0.2) is 5.96 Å². The minimum atomic E-state index is -0.287. The van der Waals surface area contributed by atoms with Crippen molar-refractivity contribution in [1.29, 1.82) is 0 Å². The van der Waals surface area contributed by atoms with E-state index in [9.17, 15) is 4.79 Å². The molecule has 0 saturated heterocycles. The van der Waals surface area contributed by atoms with Gasteiger partial charge in [0.25, 0.3) is 0 Å². The summed E-state index contributed by atoms with van der Waals surface area (Å²) in [4.78, 5) is 16.8. The molecule has 0 aliphatic heterocycles. The number of nitrogens with zero attached hydrogens (tertiary/aromatic N) is 1. The second-order valence-corrected chi connectivity index (χ2v) is 8.00. The van der Waals surface area contributed by atoms with Crippen LogP contribution in [0.25, 0.3) is 0 Å². The molecule has 0 aromatic heterocycles. The first kappa shape index (κ1) is 24.1. The first-order chi connectivity index (χ1) is 14.8. The Hall–Kier alpha value is -3.22. The maximum atomic E-state index is 12.2. The number of carbonyl (C=O) groups excluding carboxylic acids is 1. The molecule has 3 N–H and O–H groups in total. The molecule has 0 bridgehead atoms. The molecule has 168 valence electrons. The highest BCUT2D eigenvalue weighted by Crippen LogP contribution is 2.23. The fourth-order valence-corrected chi connectivity index (χ4v) is 2.74. The van der Waals surface area contributed by atoms with Crippen molar-refractivity contribution >= 4 is 11.9 Å². The number of guanidine groups is 1. The van der Waals surface area contributed by atoms with E-state index in [0.29, 0.717) is 25.6 Å². The summed E-state index contributed by atoms with van der Waals surface area (Å²) in [7, 11) is 1.63. The Morgan fingerprint density at radius 1 is 1.00 bits per heavy atom. The highest BCUT2D eigenvalue weighted by molar-refractivity contribution is 5.86. The predicted octanol–water partition coefficient (Wildman–Crippen LogP) is 3.24. The fraction of sp³-hybridized carbons (Fsp3) is 0.417. The summed E-state index contributed by atoms with van der Waals surface area (Å²) in [5.74, 6) is 2.06. The summed E-state index contributed by atoms with van der Waals surface area (Å²) >= 11 is 0. The van der Waals surface area contributed by atoms with Crippen LogP contribution in [-0.4, -0.2) is 37.7 Å². The highest BCUT2D eigenvalue weighted by Gasteiger charge is 2.14. The Balaban J connectivity index is 1.90. The lowest BCUT2D eigenvalue weighted by molar-refractivity contribution is -0.120. The van der Waals surface area contributed by atoms with Crippen LogP contribution in [0.5, 0.6) is 11.5 Å². The van der Waals surface area contributed by atoms with Crippen molar-refractivity contribution in [2.75, 3.05) is 20.2 Å². The number of aliphatic imine (C=N–C) groups is 1. The number of methoxy groups -OCH3 is 1. The number of rotatable bonds is 9. The molecule has 2 rings (SSSR count). The van der Waals surface area contributed by atoms with Gasteiger partial charge in [-0.25, -0.2) is 4.99 Å². The van der Waals surface area contributed by atoms with E-state index in [4.69, 9.17) is 9.47 Å². The second-order valence-electron chi connectivity index (χ2n) is 8.00. The molecule has 1 amide bonds. The molecule has 0 aliphatic carbocycles. The maximum Gasteiger partial charge on any atom is 0.239 e. The van der Waals surface area contributed by atoms with Crippen LogP contribution in [0.3, 0.4) is 0 Å². The lowest BCUT2D eigenvalue weighted by atomic mass is 10.1. The number of para-hydroxylation sites is 1. The molecule has 2 aromatic carbocycles. The average molecular weight is 427 g/mol. The number of hydrogen-bond acceptors (Lipinski definition) is 4. The zero-order valence-corrected chi connectivity index (χ0v) is 19.1. The third kappa shape index (κ3) is 8.99. The van der Waals surface area contributed by atoms with Crippen molar-refractivity contribution in [3.63, 3.8) is 0 Å². The largest absolute Gasteiger partial charge is 0.497 e. The second kappa shape index (κ2) is 11.8. The molecular formula is C24H34N4O3. The van der Waals surface area contributed by atoms with E-state index in [0.717, 1.165) is 22.6 Å². The molecule has 0 radical (unpaired) electrons. The Kier molecular flexibility index (Phi) is 9.18. The van der Waals surface area contributed by atoms with E-state index in [1.165, 1.54) is 0 Å². The van der Waals surface area contributed by atoms with Crippen LogP contribution in [0, 0.1) is 0 Å². The lowest BCUT2D eigenvalue weighted by Gasteiger charge is -2.23. The molecule has 0 heterocycles. The minimum absolute atomic E-state index is 0.113. The fourth-order valence-electron chi connectivity index (χ4n) is 2.74. The third-order valence-electron chi connectivity index (χ3n) is 4.21. The molecule has 0 spiro atoms. The van der Waals surface area contributed by atoms with Gasteiger partial charge in [0.2, 0.25) is 5.91 Å². The van der Waals surface area contributed by atoms with Gasteiger partial charge < -0.3 is 25.4 Å². The number of hydrogen-bond donors (Lipinski definition) is 3. The van der Waals surface area contributed by atoms with Gasteiger partial charge in [-0.05, 0) is 51.5 Å². The highest BCUT2D eigenvalue weighted by atomic mass is 16.5. The summed E-state index contributed by atoms with van der Waals surface area (Å²) in [5, 5.41) is 9.14. The molecule has 0 atom stereocenters. The molecule has 0 fully saturated rings. The van der Waals surface area contributed by atoms with Gasteiger partial charge in [-0.1, -0.05) is 30.3 Å². The monoisotopic (exact) mass is 426 g/mol. The minimum Gasteiger partial charge on any atom is -0.497 e. The van der Waals surface area contributed by atoms with Crippen LogP contribution >= 0.6 is 0 Å². The Labute approximate surface area is 185 Å². The van der Waals surface area contributed by atoms with Crippen molar-refractivity contribution in [2.45, 2.75) is 46.4 Å². The normalized spacial score (nSPS) is 11.6. The topological polar surface area (TPSA) is 84.0 Å². The zero-order valence-electron chi connectivity index (χ0n) is 19.1. The number of carbonyl (C=O) groups is 1. The van der Waals surface area contributed by atoms with Crippen molar-refractivity contribution in [3.8, 4) is 11.5 Å². The SMILES string of the molecule is CCNC(=NCc1ccccc1OC(C)(C)C)NCC(=O)NCc1ccc(OC)cc1. The quantitative estimate of drug-likeness (QED) is 0.423. The standard InChI is InChI=1S/C24H34N4O3/c1-6-25-23(27-16-19-9-7-8-10-21(19)31-24(2,3)4)28-17-22(29)26-15-18-11-13-20(30-5)14-12-18/h7-14H,6,15-17H2,1-5H3,(H,26,29)(H2,25,27,28). The number of amides is 1. The number of ether oxygens (including phenoxy) is 2. The first-order valence-corrected chi connectivity index (χ1v) is 10.5. The van der Waals surface area contributed by atoms with E-state index >= 15 is 0 Å². The molecule has 0 saturated carbocycles. The number of benzene rings is 2. The van der Waals surface area contributed by atoms with E-state index in [2.05, 4.69) is 20.9 Å². The summed E-state index contributed by atoms with van der Waals surface area (Å²) in [6, 6.07) is 15.5. The molecule has 0 unspecified atom stereocenters. The summed E-state index contributed by atoms with van der Waals surface area (Å²) in [5.41, 5.74) is 1.70. The Morgan fingerprint density at radius 2 is 1.71 bits per heavy atom. The van der Waals surface area contributed by atoms with Gasteiger partial charge in [0.05, 0.1) is 20.2 Å². The van der Waals surface area contributed by atoms with Crippen molar-refractivity contribution in [3.05, 3.63) is 59.7 Å². The van der Waals surface area contributed by atoms with Crippen LogP contribution in [0.15, 0.2) is 53.5 Å². The molecule has 7 heteroatoms. The van der Waals surface area contributed by atoms with E-state index in [1.807, 2.05) is 76.2 Å². The van der Waals surface area contributed by atoms with Crippen molar-refractivity contribution < 1.29 is 14.3 Å². The van der Waals surface area contributed by atoms with E-state index in [1.54, 1.807) is 7.11 Å². The molecule has 0 aliphatic rings. The zero-order chi connectivity index (χ0) is 22.7. The van der Waals surface area contributed by atoms with Crippen LogP contribution in [0.4, 0.5) is 0 Å². The van der Waals surface area contributed by atoms with Crippen LogP contribution in [0.2, 0.25) is 0 Å². The Morgan fingerprint density at radius 3 is 2.35 bits per heavy atom. The van der Waals surface area contributed by atoms with Gasteiger partial charge in [0, 0.05) is 18.7 Å². The molecular weight excluding hydrogens is 392 g/mol. The van der Waals surface area contributed by atoms with Gasteiger partial charge >= 0.3 is 0 Å². The van der Waals surface area contributed by atoms with Gasteiger partial charge in [-0.15, -0.1) is 0 Å². The smallest absolute Gasteiger partial charge is 0.239 e. The maximum absolute atomic E-state index is 12.2. The third-order valence-corrected chi connectivity index (χ3v) is 4.21. The van der Waals surface area contributed by atoms with Gasteiger partial charge in [-0.3, -0.25) is 4.79 Å². The lowest BCUT2D eigenvalue weighted by Crippen LogP contribution is -2.43. The molecule has 31 heavy (non-hydrogen) atoms. The predicted molar refractivity (Wildman–Crippen MR) is 124 cm³/mol. The average Bonchev–Trinajstić information content (AvgIpc) is 2.74. The van der Waals surface area contributed by atoms with Crippen LogP contribution in [0.1, 0.15) is 38.8 Å². The van der Waals surface area contributed by atoms with Crippen molar-refractivity contribution in [2.24, 2.45) is 4.99 Å².